The van der Waals surface area contributed by atoms with Gasteiger partial charge in [0.2, 0.25) is 0 Å². The zero-order chi connectivity index (χ0) is 21.5. The normalized spacial score (nSPS) is 35.5. The summed E-state index contributed by atoms with van der Waals surface area (Å²) in [6.45, 7) is 2.80. The van der Waals surface area contributed by atoms with E-state index in [0.29, 0.717) is 0 Å². The lowest BCUT2D eigenvalue weighted by molar-refractivity contribution is 0.0329. The fourth-order valence-electron chi connectivity index (χ4n) is 5.12. The predicted octanol–water partition coefficient (Wildman–Crippen LogP) is 4.13. The molecule has 5 unspecified atom stereocenters. The van der Waals surface area contributed by atoms with Gasteiger partial charge in [-0.25, -0.2) is 0 Å². The van der Waals surface area contributed by atoms with Crippen molar-refractivity contribution in [3.05, 3.63) is 47.5 Å². The van der Waals surface area contributed by atoms with Gasteiger partial charge in [0.05, 0.1) is 23.7 Å². The summed E-state index contributed by atoms with van der Waals surface area (Å²) in [6.07, 6.45) is 15.4. The Kier molecular flexibility index (Phi) is 7.76. The number of allylic oxidation sites excluding steroid dienone is 1. The third-order valence-electron chi connectivity index (χ3n) is 6.97. The van der Waals surface area contributed by atoms with Crippen molar-refractivity contribution in [1.82, 2.24) is 21.4 Å². The van der Waals surface area contributed by atoms with E-state index in [9.17, 15) is 5.26 Å². The molecule has 3 aliphatic rings. The van der Waals surface area contributed by atoms with Crippen LogP contribution in [-0.2, 0) is 11.4 Å². The van der Waals surface area contributed by atoms with Crippen LogP contribution in [0.2, 0.25) is 0 Å². The molecule has 6 heteroatoms. The van der Waals surface area contributed by atoms with E-state index in [0.717, 1.165) is 32.2 Å². The highest BCUT2D eigenvalue weighted by Crippen LogP contribution is 2.35. The summed E-state index contributed by atoms with van der Waals surface area (Å²) in [5.74, 6) is 0.0523. The summed E-state index contributed by atoms with van der Waals surface area (Å²) in [6, 6.07) is 11.3. The Balaban J connectivity index is 1.37. The van der Waals surface area contributed by atoms with Crippen molar-refractivity contribution in [1.29, 1.82) is 5.26 Å². The van der Waals surface area contributed by atoms with E-state index < -0.39 is 0 Å². The Labute approximate surface area is 186 Å². The summed E-state index contributed by atoms with van der Waals surface area (Å²) in [5, 5.41) is 20.8. The molecule has 0 bridgehead atoms. The van der Waals surface area contributed by atoms with Crippen LogP contribution < -0.4 is 21.4 Å². The van der Waals surface area contributed by atoms with Crippen molar-refractivity contribution in [2.24, 2.45) is 5.92 Å². The number of nitrogens with one attached hydrogen (secondary N) is 4. The molecule has 5 atom stereocenters. The number of rotatable bonds is 4. The molecule has 0 radical (unpaired) electrons. The quantitative estimate of drug-likeness (QED) is 0.545. The number of nitriles is 1. The van der Waals surface area contributed by atoms with Gasteiger partial charge in [-0.2, -0.15) is 10.7 Å². The van der Waals surface area contributed by atoms with Crippen molar-refractivity contribution >= 4 is 0 Å². The molecule has 168 valence electrons. The third-order valence-corrected chi connectivity index (χ3v) is 6.97. The fourth-order valence-corrected chi connectivity index (χ4v) is 5.12. The second-order valence-electron chi connectivity index (χ2n) is 9.31. The molecule has 1 aromatic rings. The summed E-state index contributed by atoms with van der Waals surface area (Å²) in [7, 11) is 0. The molecule has 0 saturated carbocycles. The van der Waals surface area contributed by atoms with Crippen LogP contribution in [-0.4, -0.2) is 17.9 Å². The molecular weight excluding hydrogens is 386 g/mol. The van der Waals surface area contributed by atoms with Gasteiger partial charge >= 0.3 is 0 Å². The van der Waals surface area contributed by atoms with E-state index in [4.69, 9.17) is 4.84 Å². The van der Waals surface area contributed by atoms with E-state index >= 15 is 0 Å². The highest BCUT2D eigenvalue weighted by atomic mass is 16.7. The molecule has 31 heavy (non-hydrogen) atoms. The molecule has 2 aliphatic heterocycles. The fraction of sp³-hybridized carbons (Fsp3) is 0.640. The number of benzene rings is 1. The van der Waals surface area contributed by atoms with Gasteiger partial charge in [0.1, 0.15) is 12.4 Å². The lowest BCUT2D eigenvalue weighted by Gasteiger charge is -2.44. The predicted molar refractivity (Wildman–Crippen MR) is 122 cm³/mol. The maximum absolute atomic E-state index is 9.86. The molecule has 2 heterocycles. The van der Waals surface area contributed by atoms with Crippen LogP contribution in [0.1, 0.15) is 82.0 Å². The van der Waals surface area contributed by atoms with E-state index in [1.807, 2.05) is 6.92 Å². The molecule has 0 amide bonds. The van der Waals surface area contributed by atoms with Crippen LogP contribution in [0.5, 0.6) is 0 Å². The first-order chi connectivity index (χ1) is 15.2. The Hall–Kier alpha value is -1.75. The first-order valence-electron chi connectivity index (χ1n) is 12.0. The lowest BCUT2D eigenvalue weighted by atomic mass is 9.74. The molecule has 1 aromatic carbocycles. The SMILES string of the molecule is CC1NC(c2ccc(CNC3CCC(C#N)C4(/C=C\CCCCCCC4)N3)cc2)NO1. The smallest absolute Gasteiger partial charge is 0.128 e. The second-order valence-corrected chi connectivity index (χ2v) is 9.31. The zero-order valence-corrected chi connectivity index (χ0v) is 18.7. The van der Waals surface area contributed by atoms with E-state index in [-0.39, 0.29) is 30.0 Å². The van der Waals surface area contributed by atoms with Gasteiger partial charge in [0.15, 0.2) is 0 Å². The van der Waals surface area contributed by atoms with Gasteiger partial charge in [-0.1, -0.05) is 62.1 Å². The minimum Gasteiger partial charge on any atom is -0.298 e. The first kappa shape index (κ1) is 22.4. The third kappa shape index (κ3) is 5.74. The Morgan fingerprint density at radius 2 is 1.94 bits per heavy atom. The molecule has 1 spiro atoms. The maximum atomic E-state index is 9.86. The highest BCUT2D eigenvalue weighted by Gasteiger charge is 2.41. The molecule has 0 aromatic heterocycles. The Morgan fingerprint density at radius 3 is 2.71 bits per heavy atom. The van der Waals surface area contributed by atoms with Crippen LogP contribution in [0.25, 0.3) is 0 Å². The largest absolute Gasteiger partial charge is 0.298 e. The van der Waals surface area contributed by atoms with Crippen molar-refractivity contribution in [2.45, 2.75) is 95.4 Å². The van der Waals surface area contributed by atoms with Crippen LogP contribution in [0.15, 0.2) is 36.4 Å². The average molecular weight is 424 g/mol. The van der Waals surface area contributed by atoms with Gasteiger partial charge in [0, 0.05) is 6.54 Å². The standard InChI is InChI=1S/C25H37N5O/c1-19-28-24(30-31-19)21-11-9-20(10-12-21)18-27-23-14-13-22(17-26)25(29-23)15-7-5-3-2-4-6-8-16-25/h7,9-12,15,19,22-24,27-30H,2-6,8,13-14,16,18H2,1H3/b15-7-. The van der Waals surface area contributed by atoms with E-state index in [2.05, 4.69) is 63.9 Å². The van der Waals surface area contributed by atoms with Crippen molar-refractivity contribution < 1.29 is 4.84 Å². The maximum Gasteiger partial charge on any atom is 0.128 e. The molecule has 4 rings (SSSR count). The summed E-state index contributed by atoms with van der Waals surface area (Å²) in [5.41, 5.74) is 5.26. The van der Waals surface area contributed by atoms with Crippen LogP contribution in [0.3, 0.4) is 0 Å². The van der Waals surface area contributed by atoms with Gasteiger partial charge in [-0.05, 0) is 50.2 Å². The summed E-state index contributed by atoms with van der Waals surface area (Å²) >= 11 is 0. The van der Waals surface area contributed by atoms with Crippen LogP contribution in [0.4, 0.5) is 0 Å². The highest BCUT2D eigenvalue weighted by molar-refractivity contribution is 5.25. The Morgan fingerprint density at radius 1 is 1.13 bits per heavy atom. The topological polar surface area (TPSA) is 81.1 Å². The summed E-state index contributed by atoms with van der Waals surface area (Å²) in [4.78, 5) is 5.37. The lowest BCUT2D eigenvalue weighted by Crippen LogP contribution is -2.61. The molecule has 2 saturated heterocycles. The molecule has 6 nitrogen and oxygen atoms in total. The van der Waals surface area contributed by atoms with Gasteiger partial charge in [0.25, 0.3) is 0 Å². The van der Waals surface area contributed by atoms with Gasteiger partial charge in [-0.15, -0.1) is 0 Å². The monoisotopic (exact) mass is 423 g/mol. The van der Waals surface area contributed by atoms with Gasteiger partial charge in [-0.3, -0.25) is 20.8 Å². The van der Waals surface area contributed by atoms with Crippen molar-refractivity contribution in [2.75, 3.05) is 0 Å². The first-order valence-corrected chi connectivity index (χ1v) is 12.0. The number of hydrogen-bond acceptors (Lipinski definition) is 6. The van der Waals surface area contributed by atoms with Gasteiger partial charge < -0.3 is 0 Å². The molecule has 4 N–H and O–H groups in total. The average Bonchev–Trinajstić information content (AvgIpc) is 3.23. The minimum atomic E-state index is -0.192. The number of piperidine rings is 1. The molecule has 2 fully saturated rings. The van der Waals surface area contributed by atoms with Crippen molar-refractivity contribution in [3.63, 3.8) is 0 Å². The summed E-state index contributed by atoms with van der Waals surface area (Å²) < 4.78 is 0. The van der Waals surface area contributed by atoms with Crippen LogP contribution in [0, 0.1) is 17.2 Å². The van der Waals surface area contributed by atoms with Crippen LogP contribution >= 0.6 is 0 Å². The minimum absolute atomic E-state index is 0.0179. The number of hydroxylamine groups is 1. The number of nitrogens with zero attached hydrogens (tertiary/aromatic N) is 1. The van der Waals surface area contributed by atoms with Crippen molar-refractivity contribution in [3.8, 4) is 6.07 Å². The van der Waals surface area contributed by atoms with E-state index in [1.54, 1.807) is 0 Å². The zero-order valence-electron chi connectivity index (χ0n) is 18.7. The Bertz CT molecular complexity index is 773. The van der Waals surface area contributed by atoms with E-state index in [1.165, 1.54) is 43.2 Å². The molecule has 1 aliphatic carbocycles. The number of hydrogen-bond donors (Lipinski definition) is 4. The second kappa shape index (κ2) is 10.7. The molecular formula is C25H37N5O.